The Morgan fingerprint density at radius 3 is 2.50 bits per heavy atom. The number of nitrogens with zero attached hydrogens (tertiary/aromatic N) is 2. The van der Waals surface area contributed by atoms with Gasteiger partial charge in [0, 0.05) is 5.41 Å². The summed E-state index contributed by atoms with van der Waals surface area (Å²) in [6, 6.07) is 1.93. The number of hydrazone groups is 1. The van der Waals surface area contributed by atoms with Crippen LogP contribution in [0.4, 0.5) is 0 Å². The average Bonchev–Trinajstić information content (AvgIpc) is 2.29. The Labute approximate surface area is 71.3 Å². The van der Waals surface area contributed by atoms with Crippen LogP contribution in [-0.4, -0.2) is 11.6 Å². The summed E-state index contributed by atoms with van der Waals surface area (Å²) in [6.45, 7) is 5.78. The van der Waals surface area contributed by atoms with E-state index in [4.69, 9.17) is 5.26 Å². The molecular weight excluding hydrogens is 154 g/mol. The second kappa shape index (κ2) is 2.59. The average molecular weight is 165 g/mol. The van der Waals surface area contributed by atoms with E-state index in [9.17, 15) is 4.79 Å². The van der Waals surface area contributed by atoms with Crippen LogP contribution in [0.15, 0.2) is 5.10 Å². The van der Waals surface area contributed by atoms with Crippen molar-refractivity contribution in [1.82, 2.24) is 5.43 Å². The molecule has 1 N–H and O–H groups in total. The van der Waals surface area contributed by atoms with Crippen LogP contribution in [0.25, 0.3) is 0 Å². The van der Waals surface area contributed by atoms with Gasteiger partial charge in [-0.2, -0.15) is 10.4 Å². The molecule has 0 aromatic rings. The lowest BCUT2D eigenvalue weighted by molar-refractivity contribution is -0.120. The van der Waals surface area contributed by atoms with E-state index >= 15 is 0 Å². The van der Waals surface area contributed by atoms with E-state index in [1.165, 1.54) is 0 Å². The number of rotatable bonds is 0. The lowest BCUT2D eigenvalue weighted by Gasteiger charge is -2.18. The molecule has 0 saturated heterocycles. The topological polar surface area (TPSA) is 65.2 Å². The molecule has 1 heterocycles. The third-order valence-electron chi connectivity index (χ3n) is 1.72. The Morgan fingerprint density at radius 2 is 2.17 bits per heavy atom. The number of carbonyl (C=O) groups is 1. The quantitative estimate of drug-likeness (QED) is 0.573. The molecule has 4 nitrogen and oxygen atoms in total. The maximum absolute atomic E-state index is 11.0. The van der Waals surface area contributed by atoms with Crippen LogP contribution < -0.4 is 5.43 Å². The second-order valence-corrected chi connectivity index (χ2v) is 3.79. The van der Waals surface area contributed by atoms with Crippen molar-refractivity contribution in [2.24, 2.45) is 16.4 Å². The standard InChI is InChI=1S/C8H11N3O/c1-8(2,3)6-5(4-9)7(12)11-10-6/h5H,1-3H3,(H,11,12). The van der Waals surface area contributed by atoms with E-state index in [1.54, 1.807) is 0 Å². The highest BCUT2D eigenvalue weighted by Gasteiger charge is 2.36. The second-order valence-electron chi connectivity index (χ2n) is 3.79. The van der Waals surface area contributed by atoms with E-state index in [-0.39, 0.29) is 11.3 Å². The third kappa shape index (κ3) is 1.30. The number of nitriles is 1. The molecule has 1 aliphatic rings. The first kappa shape index (κ1) is 8.72. The molecule has 64 valence electrons. The van der Waals surface area contributed by atoms with Gasteiger partial charge in [-0.3, -0.25) is 4.79 Å². The van der Waals surface area contributed by atoms with Crippen LogP contribution in [0.2, 0.25) is 0 Å². The first-order valence-corrected chi connectivity index (χ1v) is 3.74. The lowest BCUT2D eigenvalue weighted by atomic mass is 9.83. The van der Waals surface area contributed by atoms with Crippen LogP contribution in [0.3, 0.4) is 0 Å². The number of amides is 1. The summed E-state index contributed by atoms with van der Waals surface area (Å²) in [5, 5.41) is 12.5. The summed E-state index contributed by atoms with van der Waals surface area (Å²) in [5.41, 5.74) is 2.70. The zero-order chi connectivity index (χ0) is 9.35. The Balaban J connectivity index is 2.95. The first-order valence-electron chi connectivity index (χ1n) is 3.74. The highest BCUT2D eigenvalue weighted by atomic mass is 16.2. The minimum Gasteiger partial charge on any atom is -0.271 e. The molecule has 0 radical (unpaired) electrons. The van der Waals surface area contributed by atoms with Crippen LogP contribution in [-0.2, 0) is 4.79 Å². The van der Waals surface area contributed by atoms with Crippen molar-refractivity contribution in [2.75, 3.05) is 0 Å². The summed E-state index contributed by atoms with van der Waals surface area (Å²) >= 11 is 0. The zero-order valence-electron chi connectivity index (χ0n) is 7.38. The molecule has 0 saturated carbocycles. The monoisotopic (exact) mass is 165 g/mol. The van der Waals surface area contributed by atoms with Crippen molar-refractivity contribution in [1.29, 1.82) is 5.26 Å². The molecule has 0 aromatic heterocycles. The van der Waals surface area contributed by atoms with Gasteiger partial charge in [-0.1, -0.05) is 20.8 Å². The molecule has 4 heteroatoms. The van der Waals surface area contributed by atoms with Crippen molar-refractivity contribution in [3.63, 3.8) is 0 Å². The summed E-state index contributed by atoms with van der Waals surface area (Å²) in [5.74, 6) is -1.02. The number of nitrogens with one attached hydrogen (secondary N) is 1. The molecule has 0 aliphatic carbocycles. The largest absolute Gasteiger partial charge is 0.271 e. The lowest BCUT2D eigenvalue weighted by Crippen LogP contribution is -2.29. The molecule has 1 unspecified atom stereocenters. The van der Waals surface area contributed by atoms with Gasteiger partial charge in [-0.25, -0.2) is 5.43 Å². The van der Waals surface area contributed by atoms with Crippen molar-refractivity contribution in [2.45, 2.75) is 20.8 Å². The van der Waals surface area contributed by atoms with Gasteiger partial charge in [-0.15, -0.1) is 0 Å². The summed E-state index contributed by atoms with van der Waals surface area (Å²) in [4.78, 5) is 11.0. The van der Waals surface area contributed by atoms with E-state index in [0.717, 1.165) is 0 Å². The summed E-state index contributed by atoms with van der Waals surface area (Å²) in [7, 11) is 0. The van der Waals surface area contributed by atoms with Crippen LogP contribution in [0, 0.1) is 22.7 Å². The number of hydrogen-bond donors (Lipinski definition) is 1. The zero-order valence-corrected chi connectivity index (χ0v) is 7.38. The van der Waals surface area contributed by atoms with E-state index < -0.39 is 5.92 Å². The first-order chi connectivity index (χ1) is 5.46. The molecule has 1 amide bonds. The SMILES string of the molecule is CC(C)(C)C1=NNC(=O)C1C#N. The van der Waals surface area contributed by atoms with Gasteiger partial charge in [0.05, 0.1) is 11.8 Å². The van der Waals surface area contributed by atoms with Crippen LogP contribution >= 0.6 is 0 Å². The highest BCUT2D eigenvalue weighted by molar-refractivity contribution is 6.12. The Bertz CT molecular complexity index is 280. The van der Waals surface area contributed by atoms with Gasteiger partial charge in [0.1, 0.15) is 0 Å². The third-order valence-corrected chi connectivity index (χ3v) is 1.72. The predicted octanol–water partition coefficient (Wildman–Crippen LogP) is 0.658. The van der Waals surface area contributed by atoms with E-state index in [1.807, 2.05) is 26.8 Å². The molecule has 1 rings (SSSR count). The maximum Gasteiger partial charge on any atom is 0.263 e. The fourth-order valence-electron chi connectivity index (χ4n) is 1.09. The molecule has 1 aliphatic heterocycles. The predicted molar refractivity (Wildman–Crippen MR) is 44.1 cm³/mol. The maximum atomic E-state index is 11.0. The van der Waals surface area contributed by atoms with E-state index in [2.05, 4.69) is 10.5 Å². The van der Waals surface area contributed by atoms with Gasteiger partial charge in [0.15, 0.2) is 5.92 Å². The minimum absolute atomic E-state index is 0.223. The number of hydrogen-bond acceptors (Lipinski definition) is 3. The molecule has 0 spiro atoms. The fourth-order valence-corrected chi connectivity index (χ4v) is 1.09. The minimum atomic E-state index is -0.704. The van der Waals surface area contributed by atoms with Gasteiger partial charge in [-0.05, 0) is 0 Å². The molecular formula is C8H11N3O. The fraction of sp³-hybridized carbons (Fsp3) is 0.625. The van der Waals surface area contributed by atoms with Gasteiger partial charge >= 0.3 is 0 Å². The van der Waals surface area contributed by atoms with Crippen molar-refractivity contribution in [3.8, 4) is 6.07 Å². The molecule has 1 atom stereocenters. The number of carbonyl (C=O) groups excluding carboxylic acids is 1. The van der Waals surface area contributed by atoms with E-state index in [0.29, 0.717) is 5.71 Å². The molecule has 12 heavy (non-hydrogen) atoms. The van der Waals surface area contributed by atoms with Crippen LogP contribution in [0.1, 0.15) is 20.8 Å². The Morgan fingerprint density at radius 1 is 1.58 bits per heavy atom. The molecule has 0 fully saturated rings. The van der Waals surface area contributed by atoms with Gasteiger partial charge < -0.3 is 0 Å². The Hall–Kier alpha value is -1.37. The highest BCUT2D eigenvalue weighted by Crippen LogP contribution is 2.24. The normalized spacial score (nSPS) is 23.0. The van der Waals surface area contributed by atoms with Crippen molar-refractivity contribution < 1.29 is 4.79 Å². The Kier molecular flexibility index (Phi) is 1.89. The smallest absolute Gasteiger partial charge is 0.263 e. The summed E-state index contributed by atoms with van der Waals surface area (Å²) < 4.78 is 0. The molecule has 0 bridgehead atoms. The van der Waals surface area contributed by atoms with Crippen molar-refractivity contribution >= 4 is 11.6 Å². The van der Waals surface area contributed by atoms with Gasteiger partial charge in [0.25, 0.3) is 5.91 Å². The van der Waals surface area contributed by atoms with Crippen LogP contribution in [0.5, 0.6) is 0 Å². The van der Waals surface area contributed by atoms with Crippen molar-refractivity contribution in [3.05, 3.63) is 0 Å². The summed E-state index contributed by atoms with van der Waals surface area (Å²) in [6.07, 6.45) is 0. The van der Waals surface area contributed by atoms with Gasteiger partial charge in [0.2, 0.25) is 0 Å². The molecule has 0 aromatic carbocycles.